The highest BCUT2D eigenvalue weighted by Crippen LogP contribution is 2.20. The van der Waals surface area contributed by atoms with Crippen LogP contribution in [0.15, 0.2) is 18.2 Å². The van der Waals surface area contributed by atoms with Crippen molar-refractivity contribution in [3.63, 3.8) is 0 Å². The van der Waals surface area contributed by atoms with Crippen molar-refractivity contribution < 1.29 is 19.4 Å². The predicted molar refractivity (Wildman–Crippen MR) is 69.1 cm³/mol. The zero-order valence-corrected chi connectivity index (χ0v) is 10.9. The first-order valence-corrected chi connectivity index (χ1v) is 6.17. The smallest absolute Gasteiger partial charge is 0.339 e. The molecule has 0 radical (unpaired) electrons. The second kappa shape index (κ2) is 7.71. The Morgan fingerprint density at radius 3 is 2.72 bits per heavy atom. The molecule has 0 unspecified atom stereocenters. The fourth-order valence-corrected chi connectivity index (χ4v) is 1.66. The third-order valence-electron chi connectivity index (χ3n) is 2.66. The molecule has 0 saturated carbocycles. The lowest BCUT2D eigenvalue weighted by molar-refractivity contribution is 0.0692. The van der Waals surface area contributed by atoms with Gasteiger partial charge in [-0.15, -0.1) is 0 Å². The molecular weight excluding hydrogens is 232 g/mol. The Morgan fingerprint density at radius 2 is 2.11 bits per heavy atom. The molecule has 1 aromatic rings. The second-order valence-corrected chi connectivity index (χ2v) is 4.10. The Labute approximate surface area is 108 Å². The van der Waals surface area contributed by atoms with Crippen LogP contribution in [0.3, 0.4) is 0 Å². The van der Waals surface area contributed by atoms with E-state index in [0.29, 0.717) is 19.0 Å². The van der Waals surface area contributed by atoms with Gasteiger partial charge in [0.15, 0.2) is 0 Å². The molecule has 0 spiro atoms. The number of aromatic carboxylic acids is 1. The lowest BCUT2D eigenvalue weighted by Gasteiger charge is -2.08. The number of benzene rings is 1. The minimum atomic E-state index is -0.986. The number of carboxylic acid groups (broad SMARTS) is 1. The summed E-state index contributed by atoms with van der Waals surface area (Å²) in [5.41, 5.74) is 1.02. The van der Waals surface area contributed by atoms with Crippen LogP contribution in [0.5, 0.6) is 5.75 Å². The maximum atomic E-state index is 11.0. The van der Waals surface area contributed by atoms with Crippen LogP contribution in [0.25, 0.3) is 0 Å². The normalized spacial score (nSPS) is 10.3. The Morgan fingerprint density at radius 1 is 1.33 bits per heavy atom. The van der Waals surface area contributed by atoms with Gasteiger partial charge >= 0.3 is 5.97 Å². The van der Waals surface area contributed by atoms with Gasteiger partial charge in [-0.25, -0.2) is 4.79 Å². The quantitative estimate of drug-likeness (QED) is 0.722. The monoisotopic (exact) mass is 252 g/mol. The van der Waals surface area contributed by atoms with Gasteiger partial charge in [0.2, 0.25) is 0 Å². The molecule has 1 N–H and O–H groups in total. The molecule has 18 heavy (non-hydrogen) atoms. The fourth-order valence-electron chi connectivity index (χ4n) is 1.66. The highest BCUT2D eigenvalue weighted by molar-refractivity contribution is 5.91. The summed E-state index contributed by atoms with van der Waals surface area (Å²) in [5, 5.41) is 9.04. The predicted octanol–water partition coefficient (Wildman–Crippen LogP) is 3.10. The Balaban J connectivity index is 2.56. The van der Waals surface area contributed by atoms with Gasteiger partial charge in [0.25, 0.3) is 0 Å². The van der Waals surface area contributed by atoms with Crippen LogP contribution in [0.2, 0.25) is 0 Å². The van der Waals surface area contributed by atoms with E-state index in [4.69, 9.17) is 14.6 Å². The molecule has 0 fully saturated rings. The number of rotatable bonds is 8. The van der Waals surface area contributed by atoms with Crippen LogP contribution >= 0.6 is 0 Å². The van der Waals surface area contributed by atoms with E-state index in [9.17, 15) is 4.79 Å². The van der Waals surface area contributed by atoms with Gasteiger partial charge < -0.3 is 14.6 Å². The second-order valence-electron chi connectivity index (χ2n) is 4.10. The summed E-state index contributed by atoms with van der Waals surface area (Å²) in [5.74, 6) is -0.614. The topological polar surface area (TPSA) is 55.8 Å². The Bertz CT molecular complexity index is 387. The third-order valence-corrected chi connectivity index (χ3v) is 2.66. The van der Waals surface area contributed by atoms with Gasteiger partial charge in [0, 0.05) is 6.61 Å². The van der Waals surface area contributed by atoms with Crippen molar-refractivity contribution in [3.05, 3.63) is 29.3 Å². The molecule has 0 aliphatic heterocycles. The molecule has 0 bridgehead atoms. The van der Waals surface area contributed by atoms with E-state index in [0.717, 1.165) is 24.8 Å². The van der Waals surface area contributed by atoms with Crippen LogP contribution in [0, 0.1) is 0 Å². The molecule has 0 aromatic heterocycles. The van der Waals surface area contributed by atoms with Crippen molar-refractivity contribution in [1.82, 2.24) is 0 Å². The maximum Gasteiger partial charge on any atom is 0.339 e. The minimum Gasteiger partial charge on any atom is -0.496 e. The average molecular weight is 252 g/mol. The molecule has 0 amide bonds. The van der Waals surface area contributed by atoms with Crippen molar-refractivity contribution in [2.45, 2.75) is 32.8 Å². The van der Waals surface area contributed by atoms with Crippen LogP contribution in [0.1, 0.15) is 42.1 Å². The average Bonchev–Trinajstić information content (AvgIpc) is 2.38. The van der Waals surface area contributed by atoms with E-state index < -0.39 is 5.97 Å². The molecule has 4 nitrogen and oxygen atoms in total. The molecule has 0 atom stereocenters. The molecular formula is C14H20O4. The van der Waals surface area contributed by atoms with Crippen molar-refractivity contribution in [2.75, 3.05) is 13.7 Å². The highest BCUT2D eigenvalue weighted by atomic mass is 16.5. The summed E-state index contributed by atoms with van der Waals surface area (Å²) < 4.78 is 10.5. The van der Waals surface area contributed by atoms with Gasteiger partial charge in [-0.3, -0.25) is 0 Å². The van der Waals surface area contributed by atoms with Gasteiger partial charge in [0.05, 0.1) is 13.7 Å². The Hall–Kier alpha value is -1.55. The molecule has 0 saturated heterocycles. The number of ether oxygens (including phenoxy) is 2. The minimum absolute atomic E-state index is 0.173. The van der Waals surface area contributed by atoms with E-state index >= 15 is 0 Å². The molecule has 0 aliphatic rings. The molecule has 0 aliphatic carbocycles. The summed E-state index contributed by atoms with van der Waals surface area (Å²) in [6, 6.07) is 5.08. The molecule has 0 heterocycles. The highest BCUT2D eigenvalue weighted by Gasteiger charge is 2.11. The van der Waals surface area contributed by atoms with Crippen LogP contribution in [-0.2, 0) is 11.3 Å². The third kappa shape index (κ3) is 4.37. The van der Waals surface area contributed by atoms with Crippen LogP contribution in [-0.4, -0.2) is 24.8 Å². The van der Waals surface area contributed by atoms with Gasteiger partial charge in [0.1, 0.15) is 11.3 Å². The molecule has 100 valence electrons. The lowest BCUT2D eigenvalue weighted by Crippen LogP contribution is -2.03. The first-order chi connectivity index (χ1) is 8.69. The van der Waals surface area contributed by atoms with Crippen LogP contribution in [0.4, 0.5) is 0 Å². The van der Waals surface area contributed by atoms with Crippen molar-refractivity contribution in [2.24, 2.45) is 0 Å². The van der Waals surface area contributed by atoms with Crippen LogP contribution < -0.4 is 4.74 Å². The van der Waals surface area contributed by atoms with E-state index in [2.05, 4.69) is 6.92 Å². The standard InChI is InChI=1S/C14H20O4/c1-3-4-5-8-18-10-11-6-7-13(17-2)12(9-11)14(15)16/h6-7,9H,3-5,8,10H2,1-2H3,(H,15,16). The van der Waals surface area contributed by atoms with Gasteiger partial charge in [-0.1, -0.05) is 25.8 Å². The van der Waals surface area contributed by atoms with E-state index in [1.54, 1.807) is 12.1 Å². The van der Waals surface area contributed by atoms with E-state index in [-0.39, 0.29) is 5.56 Å². The fraction of sp³-hybridized carbons (Fsp3) is 0.500. The molecule has 1 rings (SSSR count). The lowest BCUT2D eigenvalue weighted by atomic mass is 10.1. The first kappa shape index (κ1) is 14.5. The van der Waals surface area contributed by atoms with E-state index in [1.165, 1.54) is 7.11 Å². The zero-order chi connectivity index (χ0) is 13.4. The number of unbranched alkanes of at least 4 members (excludes halogenated alkanes) is 2. The van der Waals surface area contributed by atoms with Gasteiger partial charge in [-0.2, -0.15) is 0 Å². The molecule has 4 heteroatoms. The summed E-state index contributed by atoms with van der Waals surface area (Å²) in [4.78, 5) is 11.0. The SMILES string of the molecule is CCCCCOCc1ccc(OC)c(C(=O)O)c1. The van der Waals surface area contributed by atoms with E-state index in [1.807, 2.05) is 6.07 Å². The largest absolute Gasteiger partial charge is 0.496 e. The number of hydrogen-bond acceptors (Lipinski definition) is 3. The maximum absolute atomic E-state index is 11.0. The van der Waals surface area contributed by atoms with Gasteiger partial charge in [-0.05, 0) is 24.1 Å². The summed E-state index contributed by atoms with van der Waals surface area (Å²) in [6.45, 7) is 3.29. The summed E-state index contributed by atoms with van der Waals surface area (Å²) in [6.07, 6.45) is 3.36. The number of carboxylic acids is 1. The number of carbonyl (C=O) groups is 1. The van der Waals surface area contributed by atoms with Crippen molar-refractivity contribution in [1.29, 1.82) is 0 Å². The first-order valence-electron chi connectivity index (χ1n) is 6.17. The Kier molecular flexibility index (Phi) is 6.22. The van der Waals surface area contributed by atoms with Crippen molar-refractivity contribution >= 4 is 5.97 Å². The number of hydrogen-bond donors (Lipinski definition) is 1. The molecule has 1 aromatic carbocycles. The summed E-state index contributed by atoms with van der Waals surface area (Å²) in [7, 11) is 1.46. The number of methoxy groups -OCH3 is 1. The zero-order valence-electron chi connectivity index (χ0n) is 10.9. The summed E-state index contributed by atoms with van der Waals surface area (Å²) >= 11 is 0. The van der Waals surface area contributed by atoms with Crippen molar-refractivity contribution in [3.8, 4) is 5.75 Å².